The maximum absolute atomic E-state index is 12.3. The molecule has 7 nitrogen and oxygen atoms in total. The predicted molar refractivity (Wildman–Crippen MR) is 116 cm³/mol. The van der Waals surface area contributed by atoms with Gasteiger partial charge in [-0.3, -0.25) is 15.0 Å². The van der Waals surface area contributed by atoms with Crippen LogP contribution in [-0.4, -0.2) is 58.1 Å². The molecule has 0 fully saturated rings. The molecule has 0 atom stereocenters. The van der Waals surface area contributed by atoms with Crippen LogP contribution in [0.2, 0.25) is 0 Å². The molecule has 0 bridgehead atoms. The number of halogens is 1. The van der Waals surface area contributed by atoms with Gasteiger partial charge in [-0.15, -0.1) is 6.58 Å². The van der Waals surface area contributed by atoms with E-state index in [1.54, 1.807) is 34.0 Å². The first-order chi connectivity index (χ1) is 13.2. The van der Waals surface area contributed by atoms with Crippen LogP contribution in [0.4, 0.5) is 10.5 Å². The van der Waals surface area contributed by atoms with E-state index in [9.17, 15) is 4.79 Å². The largest absolute Gasteiger partial charge is 0.448 e. The van der Waals surface area contributed by atoms with Gasteiger partial charge in [0.05, 0.1) is 28.8 Å². The molecule has 0 saturated heterocycles. The molecule has 10 heteroatoms. The molecule has 1 aliphatic rings. The van der Waals surface area contributed by atoms with Gasteiger partial charge in [0.1, 0.15) is 12.1 Å². The SMILES string of the molecule is C=CCSSCCOC(=O)N1CCN=C1Nc1ccc2nccnc2c1Br. The maximum atomic E-state index is 12.3. The molecule has 1 aromatic carbocycles. The number of amides is 1. The van der Waals surface area contributed by atoms with E-state index in [4.69, 9.17) is 4.74 Å². The van der Waals surface area contributed by atoms with Crippen LogP contribution in [0.15, 0.2) is 46.6 Å². The lowest BCUT2D eigenvalue weighted by Crippen LogP contribution is -2.39. The summed E-state index contributed by atoms with van der Waals surface area (Å²) in [6.07, 6.45) is 4.73. The summed E-state index contributed by atoms with van der Waals surface area (Å²) in [4.78, 5) is 26.8. The molecule has 0 unspecified atom stereocenters. The Labute approximate surface area is 173 Å². The number of anilines is 1. The Bertz CT molecular complexity index is 864. The van der Waals surface area contributed by atoms with E-state index in [0.717, 1.165) is 32.7 Å². The second kappa shape index (κ2) is 9.95. The molecule has 3 rings (SSSR count). The van der Waals surface area contributed by atoms with Gasteiger partial charge in [0.15, 0.2) is 0 Å². The van der Waals surface area contributed by atoms with Gasteiger partial charge >= 0.3 is 6.09 Å². The Morgan fingerprint density at radius 2 is 2.22 bits per heavy atom. The van der Waals surface area contributed by atoms with Crippen LogP contribution in [0.1, 0.15) is 0 Å². The van der Waals surface area contributed by atoms with Crippen molar-refractivity contribution >= 4 is 66.3 Å². The van der Waals surface area contributed by atoms with Crippen LogP contribution in [0.5, 0.6) is 0 Å². The number of fused-ring (bicyclic) bond motifs is 1. The van der Waals surface area contributed by atoms with Gasteiger partial charge in [-0.25, -0.2) is 9.69 Å². The van der Waals surface area contributed by atoms with Gasteiger partial charge in [0, 0.05) is 23.9 Å². The number of ether oxygens (including phenoxy) is 1. The van der Waals surface area contributed by atoms with Gasteiger partial charge < -0.3 is 10.1 Å². The third-order valence-electron chi connectivity index (χ3n) is 3.55. The van der Waals surface area contributed by atoms with Crippen molar-refractivity contribution in [1.82, 2.24) is 14.9 Å². The maximum Gasteiger partial charge on any atom is 0.416 e. The second-order valence-electron chi connectivity index (χ2n) is 5.34. The zero-order chi connectivity index (χ0) is 19.1. The minimum absolute atomic E-state index is 0.354. The molecule has 1 N–H and O–H groups in total. The fourth-order valence-corrected chi connectivity index (χ4v) is 4.48. The molecule has 0 aliphatic carbocycles. The number of aliphatic imine (C=N–C) groups is 1. The lowest BCUT2D eigenvalue weighted by Gasteiger charge is -2.19. The third-order valence-corrected chi connectivity index (χ3v) is 6.63. The topological polar surface area (TPSA) is 79.7 Å². The zero-order valence-electron chi connectivity index (χ0n) is 14.4. The molecular weight excluding hydrogens is 450 g/mol. The Morgan fingerprint density at radius 3 is 3.07 bits per heavy atom. The molecule has 1 aliphatic heterocycles. The van der Waals surface area contributed by atoms with Crippen molar-refractivity contribution < 1.29 is 9.53 Å². The monoisotopic (exact) mass is 467 g/mol. The molecule has 1 aromatic heterocycles. The van der Waals surface area contributed by atoms with Gasteiger partial charge in [-0.2, -0.15) is 0 Å². The molecule has 27 heavy (non-hydrogen) atoms. The average Bonchev–Trinajstić information content (AvgIpc) is 3.15. The number of carbonyl (C=O) groups excluding carboxylic acids is 1. The smallest absolute Gasteiger partial charge is 0.416 e. The first-order valence-electron chi connectivity index (χ1n) is 8.21. The molecule has 0 spiro atoms. The van der Waals surface area contributed by atoms with Crippen molar-refractivity contribution in [2.75, 3.05) is 36.5 Å². The van der Waals surface area contributed by atoms with E-state index in [-0.39, 0.29) is 0 Å². The normalized spacial score (nSPS) is 13.5. The number of rotatable bonds is 7. The number of nitrogens with one attached hydrogen (secondary N) is 1. The fourth-order valence-electron chi connectivity index (χ4n) is 2.35. The van der Waals surface area contributed by atoms with E-state index in [1.165, 1.54) is 4.90 Å². The summed E-state index contributed by atoms with van der Waals surface area (Å²) >= 11 is 3.55. The summed E-state index contributed by atoms with van der Waals surface area (Å²) in [6.45, 7) is 5.05. The number of nitrogens with zero attached hydrogens (tertiary/aromatic N) is 4. The van der Waals surface area contributed by atoms with Crippen molar-refractivity contribution in [2.24, 2.45) is 4.99 Å². The third kappa shape index (κ3) is 5.14. The van der Waals surface area contributed by atoms with E-state index in [0.29, 0.717) is 25.7 Å². The standard InChI is InChI=1S/C17H18BrN5O2S2/c1-2-10-26-27-11-9-25-17(24)23-8-7-21-16(23)22-12-3-4-13-15(14(12)18)20-6-5-19-13/h2-6H,1,7-11H2,(H,21,22). The van der Waals surface area contributed by atoms with E-state index in [1.807, 2.05) is 18.2 Å². The number of guanidine groups is 1. The molecular formula is C17H18BrN5O2S2. The van der Waals surface area contributed by atoms with Crippen molar-refractivity contribution in [2.45, 2.75) is 0 Å². The molecule has 2 aromatic rings. The summed E-state index contributed by atoms with van der Waals surface area (Å²) < 4.78 is 6.12. The highest BCUT2D eigenvalue weighted by Crippen LogP contribution is 2.29. The Morgan fingerprint density at radius 1 is 1.37 bits per heavy atom. The van der Waals surface area contributed by atoms with Crippen LogP contribution >= 0.6 is 37.5 Å². The Balaban J connectivity index is 1.59. The molecule has 0 radical (unpaired) electrons. The highest BCUT2D eigenvalue weighted by molar-refractivity contribution is 9.10. The van der Waals surface area contributed by atoms with Crippen molar-refractivity contribution in [1.29, 1.82) is 0 Å². The summed E-state index contributed by atoms with van der Waals surface area (Å²) in [5.74, 6) is 2.07. The average molecular weight is 468 g/mol. The van der Waals surface area contributed by atoms with Gasteiger partial charge in [-0.1, -0.05) is 27.7 Å². The van der Waals surface area contributed by atoms with Crippen molar-refractivity contribution in [3.05, 3.63) is 41.7 Å². The zero-order valence-corrected chi connectivity index (χ0v) is 17.6. The molecule has 2 heterocycles. The lowest BCUT2D eigenvalue weighted by molar-refractivity contribution is 0.131. The minimum atomic E-state index is -0.398. The summed E-state index contributed by atoms with van der Waals surface area (Å²) in [5, 5.41) is 3.19. The number of carbonyl (C=O) groups is 1. The first-order valence-corrected chi connectivity index (χ1v) is 11.5. The number of benzene rings is 1. The molecule has 142 valence electrons. The molecule has 0 saturated carbocycles. The first kappa shape index (κ1) is 20.0. The predicted octanol–water partition coefficient (Wildman–Crippen LogP) is 4.18. The Hall–Kier alpha value is -1.78. The summed E-state index contributed by atoms with van der Waals surface area (Å²) in [7, 11) is 3.34. The highest BCUT2D eigenvalue weighted by Gasteiger charge is 2.26. The fraction of sp³-hybridized carbons (Fsp3) is 0.294. The summed E-state index contributed by atoms with van der Waals surface area (Å²) in [5.41, 5.74) is 2.29. The van der Waals surface area contributed by atoms with Crippen LogP contribution in [0, 0.1) is 0 Å². The van der Waals surface area contributed by atoms with Crippen LogP contribution in [0.25, 0.3) is 11.0 Å². The highest BCUT2D eigenvalue weighted by atomic mass is 79.9. The Kier molecular flexibility index (Phi) is 7.36. The second-order valence-corrected chi connectivity index (χ2v) is 8.76. The number of aromatic nitrogens is 2. The van der Waals surface area contributed by atoms with Gasteiger partial charge in [-0.05, 0) is 28.1 Å². The quantitative estimate of drug-likeness (QED) is 0.371. The van der Waals surface area contributed by atoms with E-state index < -0.39 is 6.09 Å². The molecule has 1 amide bonds. The van der Waals surface area contributed by atoms with E-state index >= 15 is 0 Å². The van der Waals surface area contributed by atoms with Crippen LogP contribution in [-0.2, 0) is 4.74 Å². The van der Waals surface area contributed by atoms with Gasteiger partial charge in [0.25, 0.3) is 0 Å². The van der Waals surface area contributed by atoms with E-state index in [2.05, 4.69) is 42.8 Å². The van der Waals surface area contributed by atoms with Crippen LogP contribution < -0.4 is 5.32 Å². The van der Waals surface area contributed by atoms with Crippen LogP contribution in [0.3, 0.4) is 0 Å². The number of hydrogen-bond donors (Lipinski definition) is 1. The number of hydrogen-bond acceptors (Lipinski definition) is 8. The van der Waals surface area contributed by atoms with Gasteiger partial charge in [0.2, 0.25) is 5.96 Å². The minimum Gasteiger partial charge on any atom is -0.448 e. The summed E-state index contributed by atoms with van der Waals surface area (Å²) in [6, 6.07) is 3.74. The van der Waals surface area contributed by atoms with Crippen molar-refractivity contribution in [3.63, 3.8) is 0 Å². The lowest BCUT2D eigenvalue weighted by atomic mass is 10.2. The van der Waals surface area contributed by atoms with Crippen molar-refractivity contribution in [3.8, 4) is 0 Å².